The van der Waals surface area contributed by atoms with Crippen molar-refractivity contribution in [3.8, 4) is 0 Å². The van der Waals surface area contributed by atoms with E-state index in [9.17, 15) is 14.4 Å². The van der Waals surface area contributed by atoms with Crippen LogP contribution in [0.4, 0.5) is 4.79 Å². The van der Waals surface area contributed by atoms with E-state index in [1.165, 1.54) is 4.90 Å². The lowest BCUT2D eigenvalue weighted by Gasteiger charge is -2.33. The van der Waals surface area contributed by atoms with Crippen molar-refractivity contribution in [2.45, 2.75) is 45.3 Å². The number of ether oxygens (including phenoxy) is 1. The fraction of sp³-hybridized carbons (Fsp3) is 0.500. The minimum Gasteiger partial charge on any atom is -0.445 e. The van der Waals surface area contributed by atoms with Crippen molar-refractivity contribution in [1.82, 2.24) is 10.2 Å². The first kappa shape index (κ1) is 18.0. The van der Waals surface area contributed by atoms with Gasteiger partial charge in [-0.3, -0.25) is 14.5 Å². The van der Waals surface area contributed by atoms with Gasteiger partial charge in [0.05, 0.1) is 6.54 Å². The number of nitrogens with one attached hydrogen (secondary N) is 1. The van der Waals surface area contributed by atoms with Gasteiger partial charge in [-0.1, -0.05) is 37.3 Å². The molecule has 1 heterocycles. The first-order valence-electron chi connectivity index (χ1n) is 8.38. The molecule has 0 unspecified atom stereocenters. The van der Waals surface area contributed by atoms with E-state index in [0.29, 0.717) is 19.4 Å². The lowest BCUT2D eigenvalue weighted by atomic mass is 10.0. The van der Waals surface area contributed by atoms with Crippen LogP contribution in [0, 0.1) is 0 Å². The number of carbonyl (C=O) groups is 3. The van der Waals surface area contributed by atoms with E-state index in [0.717, 1.165) is 18.4 Å². The molecule has 1 saturated heterocycles. The van der Waals surface area contributed by atoms with Gasteiger partial charge in [0.1, 0.15) is 12.6 Å². The largest absolute Gasteiger partial charge is 0.445 e. The summed E-state index contributed by atoms with van der Waals surface area (Å²) in [5.74, 6) is -0.314. The van der Waals surface area contributed by atoms with Crippen molar-refractivity contribution >= 4 is 17.8 Å². The number of ketones is 1. The van der Waals surface area contributed by atoms with Crippen LogP contribution < -0.4 is 5.32 Å². The molecule has 1 atom stereocenters. The van der Waals surface area contributed by atoms with Gasteiger partial charge < -0.3 is 10.1 Å². The van der Waals surface area contributed by atoms with E-state index in [-0.39, 0.29) is 24.8 Å². The van der Waals surface area contributed by atoms with Crippen molar-refractivity contribution in [1.29, 1.82) is 0 Å². The molecule has 1 aromatic rings. The van der Waals surface area contributed by atoms with Crippen LogP contribution in [0.2, 0.25) is 0 Å². The number of benzene rings is 1. The smallest absolute Gasteiger partial charge is 0.410 e. The fourth-order valence-corrected chi connectivity index (χ4v) is 2.65. The van der Waals surface area contributed by atoms with Crippen LogP contribution in [-0.2, 0) is 20.9 Å². The molecule has 130 valence electrons. The maximum atomic E-state index is 12.3. The van der Waals surface area contributed by atoms with Crippen LogP contribution in [0.1, 0.15) is 38.2 Å². The zero-order chi connectivity index (χ0) is 17.4. The third-order valence-corrected chi connectivity index (χ3v) is 4.10. The third kappa shape index (κ3) is 5.08. The van der Waals surface area contributed by atoms with E-state index in [4.69, 9.17) is 4.74 Å². The quantitative estimate of drug-likeness (QED) is 0.867. The third-order valence-electron chi connectivity index (χ3n) is 4.10. The monoisotopic (exact) mass is 332 g/mol. The zero-order valence-corrected chi connectivity index (χ0v) is 14.0. The fourth-order valence-electron chi connectivity index (χ4n) is 2.65. The van der Waals surface area contributed by atoms with E-state index in [1.54, 1.807) is 6.92 Å². The molecule has 6 heteroatoms. The highest BCUT2D eigenvalue weighted by atomic mass is 16.6. The Morgan fingerprint density at radius 1 is 1.21 bits per heavy atom. The van der Waals surface area contributed by atoms with Crippen LogP contribution in [0.3, 0.4) is 0 Å². The number of carbonyl (C=O) groups excluding carboxylic acids is 3. The summed E-state index contributed by atoms with van der Waals surface area (Å²) in [6.45, 7) is 2.44. The number of hydrogen-bond donors (Lipinski definition) is 1. The molecule has 0 bridgehead atoms. The molecule has 2 rings (SSSR count). The molecule has 0 aromatic heterocycles. The molecule has 0 aliphatic carbocycles. The standard InChI is InChI=1S/C18H24N2O4/c1-2-15(21)12-19-17(22)16-10-6-7-11-20(16)18(23)24-13-14-8-4-3-5-9-14/h3-5,8-9,16H,2,6-7,10-13H2,1H3,(H,19,22)/t16-/m0/s1. The number of piperidine rings is 1. The Morgan fingerprint density at radius 2 is 1.96 bits per heavy atom. The van der Waals surface area contributed by atoms with E-state index in [2.05, 4.69) is 5.32 Å². The summed E-state index contributed by atoms with van der Waals surface area (Å²) >= 11 is 0. The molecule has 0 saturated carbocycles. The second kappa shape index (κ2) is 9.05. The summed E-state index contributed by atoms with van der Waals surface area (Å²) in [6.07, 6.45) is 2.21. The van der Waals surface area contributed by atoms with Gasteiger partial charge in [0.25, 0.3) is 0 Å². The van der Waals surface area contributed by atoms with Gasteiger partial charge in [-0.05, 0) is 24.8 Å². The van der Waals surface area contributed by atoms with E-state index in [1.807, 2.05) is 30.3 Å². The van der Waals surface area contributed by atoms with Crippen molar-refractivity contribution in [2.75, 3.05) is 13.1 Å². The molecule has 1 N–H and O–H groups in total. The SMILES string of the molecule is CCC(=O)CNC(=O)[C@@H]1CCCCN1C(=O)OCc1ccccc1. The molecule has 1 aromatic carbocycles. The van der Waals surface area contributed by atoms with Gasteiger partial charge in [0, 0.05) is 13.0 Å². The Bertz CT molecular complexity index is 574. The Labute approximate surface area is 142 Å². The van der Waals surface area contributed by atoms with Crippen LogP contribution in [0.15, 0.2) is 30.3 Å². The summed E-state index contributed by atoms with van der Waals surface area (Å²) in [7, 11) is 0. The maximum Gasteiger partial charge on any atom is 0.410 e. The van der Waals surface area contributed by atoms with Gasteiger partial charge in [0.15, 0.2) is 5.78 Å². The Kier molecular flexibility index (Phi) is 6.78. The van der Waals surface area contributed by atoms with Crippen LogP contribution >= 0.6 is 0 Å². The van der Waals surface area contributed by atoms with Crippen LogP contribution in [0.5, 0.6) is 0 Å². The Morgan fingerprint density at radius 3 is 2.67 bits per heavy atom. The molecule has 0 radical (unpaired) electrons. The van der Waals surface area contributed by atoms with E-state index >= 15 is 0 Å². The Balaban J connectivity index is 1.91. The highest BCUT2D eigenvalue weighted by Gasteiger charge is 2.33. The Hall–Kier alpha value is -2.37. The van der Waals surface area contributed by atoms with Crippen molar-refractivity contribution < 1.29 is 19.1 Å². The number of hydrogen-bond acceptors (Lipinski definition) is 4. The van der Waals surface area contributed by atoms with Crippen molar-refractivity contribution in [2.24, 2.45) is 0 Å². The second-order valence-corrected chi connectivity index (χ2v) is 5.86. The number of likely N-dealkylation sites (tertiary alicyclic amines) is 1. The number of nitrogens with zero attached hydrogens (tertiary/aromatic N) is 1. The first-order valence-corrected chi connectivity index (χ1v) is 8.38. The average Bonchev–Trinajstić information content (AvgIpc) is 2.64. The number of Topliss-reactive ketones (excluding diaryl/α,β-unsaturated/α-hetero) is 1. The molecule has 1 aliphatic rings. The average molecular weight is 332 g/mol. The number of amides is 2. The summed E-state index contributed by atoms with van der Waals surface area (Å²) < 4.78 is 5.33. The summed E-state index contributed by atoms with van der Waals surface area (Å²) in [6, 6.07) is 8.85. The molecule has 2 amide bonds. The summed E-state index contributed by atoms with van der Waals surface area (Å²) in [5.41, 5.74) is 0.900. The van der Waals surface area contributed by atoms with Crippen molar-refractivity contribution in [3.63, 3.8) is 0 Å². The van der Waals surface area contributed by atoms with Gasteiger partial charge >= 0.3 is 6.09 Å². The molecule has 24 heavy (non-hydrogen) atoms. The summed E-state index contributed by atoms with van der Waals surface area (Å²) in [4.78, 5) is 37.5. The second-order valence-electron chi connectivity index (χ2n) is 5.86. The van der Waals surface area contributed by atoms with E-state index < -0.39 is 12.1 Å². The first-order chi connectivity index (χ1) is 11.6. The van der Waals surface area contributed by atoms with Gasteiger partial charge in [-0.2, -0.15) is 0 Å². The normalized spacial score (nSPS) is 17.2. The molecule has 6 nitrogen and oxygen atoms in total. The maximum absolute atomic E-state index is 12.3. The zero-order valence-electron chi connectivity index (χ0n) is 14.0. The predicted molar refractivity (Wildman–Crippen MR) is 89.3 cm³/mol. The minimum absolute atomic E-state index is 0.0126. The van der Waals surface area contributed by atoms with Gasteiger partial charge in [0.2, 0.25) is 5.91 Å². The molecular weight excluding hydrogens is 308 g/mol. The van der Waals surface area contributed by atoms with Crippen LogP contribution in [0.25, 0.3) is 0 Å². The minimum atomic E-state index is -0.563. The van der Waals surface area contributed by atoms with Gasteiger partial charge in [-0.25, -0.2) is 4.79 Å². The molecule has 1 fully saturated rings. The highest BCUT2D eigenvalue weighted by molar-refractivity contribution is 5.90. The lowest BCUT2D eigenvalue weighted by molar-refractivity contribution is -0.129. The molecular formula is C18H24N2O4. The topological polar surface area (TPSA) is 75.7 Å². The van der Waals surface area contributed by atoms with Gasteiger partial charge in [-0.15, -0.1) is 0 Å². The van der Waals surface area contributed by atoms with Crippen LogP contribution in [-0.4, -0.2) is 41.8 Å². The lowest BCUT2D eigenvalue weighted by Crippen LogP contribution is -2.52. The molecule has 1 aliphatic heterocycles. The molecule has 0 spiro atoms. The summed E-state index contributed by atoms with van der Waals surface area (Å²) in [5, 5.41) is 2.62. The number of rotatable bonds is 6. The highest BCUT2D eigenvalue weighted by Crippen LogP contribution is 2.18. The predicted octanol–water partition coefficient (Wildman–Crippen LogP) is 2.27. The van der Waals surface area contributed by atoms with Crippen molar-refractivity contribution in [3.05, 3.63) is 35.9 Å².